The zero-order chi connectivity index (χ0) is 21.0. The molecule has 5 nitrogen and oxygen atoms in total. The van der Waals surface area contributed by atoms with E-state index < -0.39 is 5.54 Å². The second kappa shape index (κ2) is 9.95. The highest BCUT2D eigenvalue weighted by Crippen LogP contribution is 2.37. The van der Waals surface area contributed by atoms with Gasteiger partial charge in [-0.25, -0.2) is 9.97 Å². The minimum absolute atomic E-state index is 0.281. The van der Waals surface area contributed by atoms with Gasteiger partial charge in [0, 0.05) is 30.4 Å². The molecule has 2 unspecified atom stereocenters. The van der Waals surface area contributed by atoms with Gasteiger partial charge in [-0.1, -0.05) is 52.4 Å². The molecule has 0 amide bonds. The van der Waals surface area contributed by atoms with Gasteiger partial charge in [-0.15, -0.1) is 0 Å². The standard InChI is InChI=1S/C25H43N5/c1-3-19(4-2)18-27-22-14-7-8-15-25(22,26)24-28-21-13-11-12-20(21)23(29-24)30-16-9-5-6-10-17-30/h19,22,27H,3-18,26H2,1-2H3. The zero-order valence-electron chi connectivity index (χ0n) is 19.4. The first-order valence-electron chi connectivity index (χ1n) is 12.8. The van der Waals surface area contributed by atoms with Crippen LogP contribution in [0.15, 0.2) is 0 Å². The van der Waals surface area contributed by atoms with Gasteiger partial charge in [0.2, 0.25) is 0 Å². The van der Waals surface area contributed by atoms with Gasteiger partial charge in [-0.3, -0.25) is 0 Å². The molecular formula is C25H43N5. The number of nitrogens with two attached hydrogens (primary N) is 1. The molecule has 1 aliphatic heterocycles. The Bertz CT molecular complexity index is 693. The third-order valence-electron chi connectivity index (χ3n) is 8.00. The number of nitrogens with one attached hydrogen (secondary N) is 1. The Balaban J connectivity index is 1.64. The van der Waals surface area contributed by atoms with Crippen LogP contribution in [0.3, 0.4) is 0 Å². The van der Waals surface area contributed by atoms with Crippen LogP contribution in [0.5, 0.6) is 0 Å². The van der Waals surface area contributed by atoms with Crippen molar-refractivity contribution in [1.82, 2.24) is 15.3 Å². The molecule has 30 heavy (non-hydrogen) atoms. The number of rotatable bonds is 7. The summed E-state index contributed by atoms with van der Waals surface area (Å²) in [5, 5.41) is 3.87. The van der Waals surface area contributed by atoms with Crippen molar-refractivity contribution < 1.29 is 0 Å². The highest BCUT2D eigenvalue weighted by Gasteiger charge is 2.42. The number of aromatic nitrogens is 2. The van der Waals surface area contributed by atoms with Crippen LogP contribution in [0.2, 0.25) is 0 Å². The predicted octanol–water partition coefficient (Wildman–Crippen LogP) is 4.47. The lowest BCUT2D eigenvalue weighted by Crippen LogP contribution is -2.58. The first-order valence-corrected chi connectivity index (χ1v) is 12.8. The van der Waals surface area contributed by atoms with Gasteiger partial charge >= 0.3 is 0 Å². The molecule has 0 aromatic carbocycles. The van der Waals surface area contributed by atoms with Crippen LogP contribution < -0.4 is 16.0 Å². The molecule has 168 valence electrons. The summed E-state index contributed by atoms with van der Waals surface area (Å²) in [4.78, 5) is 13.0. The number of anilines is 1. The summed E-state index contributed by atoms with van der Waals surface area (Å²) in [6.45, 7) is 7.92. The largest absolute Gasteiger partial charge is 0.356 e. The van der Waals surface area contributed by atoms with Crippen molar-refractivity contribution >= 4 is 5.82 Å². The SMILES string of the molecule is CCC(CC)CNC1CCCCC1(N)c1nc2c(c(N3CCCCCC3)n1)CCC2. The van der Waals surface area contributed by atoms with Gasteiger partial charge in [0.25, 0.3) is 0 Å². The molecule has 1 aromatic rings. The van der Waals surface area contributed by atoms with Crippen molar-refractivity contribution in [2.24, 2.45) is 11.7 Å². The van der Waals surface area contributed by atoms with Crippen molar-refractivity contribution in [1.29, 1.82) is 0 Å². The molecule has 5 heteroatoms. The number of aryl methyl sites for hydroxylation is 1. The van der Waals surface area contributed by atoms with Crippen LogP contribution in [0, 0.1) is 5.92 Å². The van der Waals surface area contributed by atoms with E-state index in [0.717, 1.165) is 57.1 Å². The highest BCUT2D eigenvalue weighted by atomic mass is 15.2. The van der Waals surface area contributed by atoms with Gasteiger partial charge in [0.15, 0.2) is 5.82 Å². The number of fused-ring (bicyclic) bond motifs is 1. The maximum absolute atomic E-state index is 7.21. The van der Waals surface area contributed by atoms with Crippen LogP contribution in [0.25, 0.3) is 0 Å². The van der Waals surface area contributed by atoms with E-state index >= 15 is 0 Å². The highest BCUT2D eigenvalue weighted by molar-refractivity contribution is 5.52. The molecule has 1 saturated carbocycles. The second-order valence-corrected chi connectivity index (χ2v) is 9.98. The van der Waals surface area contributed by atoms with Crippen LogP contribution in [0.4, 0.5) is 5.82 Å². The number of hydrogen-bond acceptors (Lipinski definition) is 5. The van der Waals surface area contributed by atoms with Crippen molar-refractivity contribution in [3.05, 3.63) is 17.1 Å². The molecule has 3 aliphatic rings. The van der Waals surface area contributed by atoms with Gasteiger partial charge in [0.05, 0.1) is 5.54 Å². The Kier molecular flexibility index (Phi) is 7.30. The molecule has 2 aliphatic carbocycles. The van der Waals surface area contributed by atoms with Crippen LogP contribution in [-0.4, -0.2) is 35.6 Å². The molecule has 0 radical (unpaired) electrons. The van der Waals surface area contributed by atoms with Gasteiger partial charge in [0.1, 0.15) is 5.82 Å². The molecule has 1 saturated heterocycles. The summed E-state index contributed by atoms with van der Waals surface area (Å²) in [5.74, 6) is 2.87. The van der Waals surface area contributed by atoms with E-state index in [0.29, 0.717) is 0 Å². The Morgan fingerprint density at radius 2 is 1.77 bits per heavy atom. The van der Waals surface area contributed by atoms with E-state index in [9.17, 15) is 0 Å². The molecule has 0 spiro atoms. The van der Waals surface area contributed by atoms with Gasteiger partial charge in [-0.05, 0) is 57.4 Å². The quantitative estimate of drug-likeness (QED) is 0.690. The molecule has 2 atom stereocenters. The maximum atomic E-state index is 7.21. The average Bonchev–Trinajstić information content (AvgIpc) is 3.08. The van der Waals surface area contributed by atoms with E-state index in [2.05, 4.69) is 24.1 Å². The Hall–Kier alpha value is -1.20. The first-order chi connectivity index (χ1) is 14.7. The van der Waals surface area contributed by atoms with E-state index in [1.54, 1.807) is 0 Å². The van der Waals surface area contributed by atoms with Gasteiger partial charge in [-0.2, -0.15) is 0 Å². The molecule has 3 N–H and O–H groups in total. The Morgan fingerprint density at radius 3 is 2.50 bits per heavy atom. The van der Waals surface area contributed by atoms with E-state index in [1.165, 1.54) is 74.9 Å². The summed E-state index contributed by atoms with van der Waals surface area (Å²) < 4.78 is 0. The molecule has 2 fully saturated rings. The minimum atomic E-state index is -0.442. The average molecular weight is 414 g/mol. The predicted molar refractivity (Wildman–Crippen MR) is 125 cm³/mol. The lowest BCUT2D eigenvalue weighted by Gasteiger charge is -2.41. The summed E-state index contributed by atoms with van der Waals surface area (Å²) in [6, 6.07) is 0.281. The first kappa shape index (κ1) is 22.0. The number of hydrogen-bond donors (Lipinski definition) is 2. The fourth-order valence-electron chi connectivity index (χ4n) is 5.80. The van der Waals surface area contributed by atoms with Crippen molar-refractivity contribution in [2.75, 3.05) is 24.5 Å². The normalized spacial score (nSPS) is 27.3. The maximum Gasteiger partial charge on any atom is 0.152 e. The van der Waals surface area contributed by atoms with Crippen LogP contribution in [0.1, 0.15) is 102 Å². The molecular weight excluding hydrogens is 370 g/mol. The fraction of sp³-hybridized carbons (Fsp3) is 0.840. The van der Waals surface area contributed by atoms with Gasteiger partial charge < -0.3 is 16.0 Å². The fourth-order valence-corrected chi connectivity index (χ4v) is 5.80. The third-order valence-corrected chi connectivity index (χ3v) is 8.00. The molecule has 2 heterocycles. The summed E-state index contributed by atoms with van der Waals surface area (Å²) in [5.41, 5.74) is 9.47. The molecule has 1 aromatic heterocycles. The topological polar surface area (TPSA) is 67.1 Å². The Morgan fingerprint density at radius 1 is 1.00 bits per heavy atom. The second-order valence-electron chi connectivity index (χ2n) is 9.98. The molecule has 0 bridgehead atoms. The minimum Gasteiger partial charge on any atom is -0.356 e. The zero-order valence-corrected chi connectivity index (χ0v) is 19.4. The van der Waals surface area contributed by atoms with E-state index in [-0.39, 0.29) is 6.04 Å². The lowest BCUT2D eigenvalue weighted by atomic mass is 9.77. The monoisotopic (exact) mass is 413 g/mol. The van der Waals surface area contributed by atoms with Crippen molar-refractivity contribution in [2.45, 2.75) is 109 Å². The molecule has 4 rings (SSSR count). The summed E-state index contributed by atoms with van der Waals surface area (Å²) in [6.07, 6.45) is 15.7. The third kappa shape index (κ3) is 4.52. The number of nitrogens with zero attached hydrogens (tertiary/aromatic N) is 3. The lowest BCUT2D eigenvalue weighted by molar-refractivity contribution is 0.197. The summed E-state index contributed by atoms with van der Waals surface area (Å²) in [7, 11) is 0. The van der Waals surface area contributed by atoms with E-state index in [1.807, 2.05) is 0 Å². The Labute approximate surface area is 183 Å². The van der Waals surface area contributed by atoms with Crippen LogP contribution in [-0.2, 0) is 18.4 Å². The van der Waals surface area contributed by atoms with Crippen molar-refractivity contribution in [3.8, 4) is 0 Å². The smallest absolute Gasteiger partial charge is 0.152 e. The van der Waals surface area contributed by atoms with Crippen molar-refractivity contribution in [3.63, 3.8) is 0 Å². The summed E-state index contributed by atoms with van der Waals surface area (Å²) >= 11 is 0. The van der Waals surface area contributed by atoms with Crippen LogP contribution >= 0.6 is 0 Å². The van der Waals surface area contributed by atoms with E-state index in [4.69, 9.17) is 15.7 Å².